The number of imidazole rings is 1. The number of aromatic nitrogens is 3. The van der Waals surface area contributed by atoms with Gasteiger partial charge in [-0.1, -0.05) is 6.92 Å². The molecular weight excluding hydrogens is 384 g/mol. The molecule has 6 nitrogen and oxygen atoms in total. The van der Waals surface area contributed by atoms with Crippen LogP contribution >= 0.6 is 11.3 Å². The van der Waals surface area contributed by atoms with Crippen LogP contribution in [0.5, 0.6) is 0 Å². The van der Waals surface area contributed by atoms with Crippen molar-refractivity contribution in [2.75, 3.05) is 26.2 Å². The Morgan fingerprint density at radius 2 is 2.04 bits per heavy atom. The lowest BCUT2D eigenvalue weighted by molar-refractivity contribution is 0.0627. The van der Waals surface area contributed by atoms with E-state index in [1.165, 1.54) is 0 Å². The Labute approximate surface area is 165 Å². The van der Waals surface area contributed by atoms with E-state index in [9.17, 15) is 13.6 Å². The molecule has 1 aliphatic rings. The summed E-state index contributed by atoms with van der Waals surface area (Å²) >= 11 is 1.69. The van der Waals surface area contributed by atoms with E-state index >= 15 is 0 Å². The molecule has 0 spiro atoms. The number of amides is 1. The number of rotatable bonds is 5. The first-order valence-electron chi connectivity index (χ1n) is 9.26. The predicted molar refractivity (Wildman–Crippen MR) is 104 cm³/mol. The fraction of sp³-hybridized carbons (Fsp3) is 0.421. The van der Waals surface area contributed by atoms with Crippen molar-refractivity contribution in [1.29, 1.82) is 0 Å². The van der Waals surface area contributed by atoms with Crippen molar-refractivity contribution >= 4 is 28.3 Å². The Morgan fingerprint density at radius 1 is 1.25 bits per heavy atom. The molecule has 1 amide bonds. The van der Waals surface area contributed by atoms with Gasteiger partial charge in [0.25, 0.3) is 12.3 Å². The van der Waals surface area contributed by atoms with Crippen LogP contribution in [0.25, 0.3) is 11.0 Å². The zero-order valence-corrected chi connectivity index (χ0v) is 16.3. The monoisotopic (exact) mass is 405 g/mol. The van der Waals surface area contributed by atoms with Crippen LogP contribution in [-0.4, -0.2) is 56.8 Å². The topological polar surface area (TPSA) is 65.1 Å². The highest BCUT2D eigenvalue weighted by Gasteiger charge is 2.23. The molecule has 1 aliphatic heterocycles. The first-order chi connectivity index (χ1) is 13.5. The maximum Gasteiger partial charge on any atom is 0.295 e. The first-order valence-corrected chi connectivity index (χ1v) is 10.1. The first kappa shape index (κ1) is 18.9. The molecule has 1 fully saturated rings. The van der Waals surface area contributed by atoms with Gasteiger partial charge in [0.2, 0.25) is 0 Å². The number of hydrogen-bond acceptors (Lipinski definition) is 5. The van der Waals surface area contributed by atoms with Gasteiger partial charge in [-0.15, -0.1) is 11.3 Å². The summed E-state index contributed by atoms with van der Waals surface area (Å²) in [6, 6.07) is 4.86. The number of piperazine rings is 1. The van der Waals surface area contributed by atoms with Crippen LogP contribution in [-0.2, 0) is 13.0 Å². The number of alkyl halides is 2. The molecule has 9 heteroatoms. The minimum Gasteiger partial charge on any atom is -0.337 e. The number of fused-ring (bicyclic) bond motifs is 1. The maximum absolute atomic E-state index is 12.8. The van der Waals surface area contributed by atoms with Gasteiger partial charge in [0.1, 0.15) is 0 Å². The fourth-order valence-corrected chi connectivity index (χ4v) is 4.11. The Bertz CT molecular complexity index is 978. The standard InChI is InChI=1S/C19H21F2N5OS/c1-2-16-22-13(11-28-16)10-25-5-7-26(8-6-25)19(27)12-3-4-14-15(9-12)24-18(23-14)17(20)21/h3-4,9,11,17H,2,5-8,10H2,1H3,(H,23,24). The van der Waals surface area contributed by atoms with E-state index in [1.54, 1.807) is 34.4 Å². The molecule has 148 valence electrons. The van der Waals surface area contributed by atoms with Gasteiger partial charge in [0.15, 0.2) is 5.82 Å². The van der Waals surface area contributed by atoms with Gasteiger partial charge in [0.05, 0.1) is 21.7 Å². The number of nitrogens with zero attached hydrogens (tertiary/aromatic N) is 4. The Morgan fingerprint density at radius 3 is 2.71 bits per heavy atom. The molecule has 3 heterocycles. The molecule has 2 aromatic heterocycles. The van der Waals surface area contributed by atoms with Gasteiger partial charge >= 0.3 is 0 Å². The second-order valence-electron chi connectivity index (χ2n) is 6.81. The third kappa shape index (κ3) is 3.90. The molecule has 28 heavy (non-hydrogen) atoms. The largest absolute Gasteiger partial charge is 0.337 e. The second kappa shape index (κ2) is 7.92. The van der Waals surface area contributed by atoms with E-state index in [0.717, 1.165) is 36.8 Å². The minimum absolute atomic E-state index is 0.0864. The van der Waals surface area contributed by atoms with Crippen LogP contribution in [0.3, 0.4) is 0 Å². The lowest BCUT2D eigenvalue weighted by atomic mass is 10.1. The number of thiazole rings is 1. The van der Waals surface area contributed by atoms with E-state index in [1.807, 2.05) is 0 Å². The summed E-state index contributed by atoms with van der Waals surface area (Å²) in [5, 5.41) is 3.25. The Kier molecular flexibility index (Phi) is 5.36. The number of nitrogens with one attached hydrogen (secondary N) is 1. The molecule has 1 aromatic carbocycles. The predicted octanol–water partition coefficient (Wildman–Crippen LogP) is 3.48. The summed E-state index contributed by atoms with van der Waals surface area (Å²) in [7, 11) is 0. The normalized spacial score (nSPS) is 15.6. The molecule has 3 aromatic rings. The SMILES string of the molecule is CCc1nc(CN2CCN(C(=O)c3ccc4nc(C(F)F)[nH]c4c3)CC2)cs1. The average Bonchev–Trinajstić information content (AvgIpc) is 3.34. The summed E-state index contributed by atoms with van der Waals surface area (Å²) in [6.45, 7) is 5.73. The van der Waals surface area contributed by atoms with Gasteiger partial charge in [-0.05, 0) is 24.6 Å². The molecule has 0 aliphatic carbocycles. The third-order valence-corrected chi connectivity index (χ3v) is 5.94. The summed E-state index contributed by atoms with van der Waals surface area (Å²) in [5.74, 6) is -0.460. The van der Waals surface area contributed by atoms with Gasteiger partial charge in [0, 0.05) is 43.7 Å². The van der Waals surface area contributed by atoms with Crippen molar-refractivity contribution in [1.82, 2.24) is 24.8 Å². The Hall–Kier alpha value is -2.39. The molecule has 0 saturated carbocycles. The third-order valence-electron chi connectivity index (χ3n) is 4.90. The van der Waals surface area contributed by atoms with Crippen molar-refractivity contribution in [2.45, 2.75) is 26.3 Å². The summed E-state index contributed by atoms with van der Waals surface area (Å²) < 4.78 is 25.6. The van der Waals surface area contributed by atoms with E-state index < -0.39 is 6.43 Å². The highest BCUT2D eigenvalue weighted by atomic mass is 32.1. The number of carbonyl (C=O) groups is 1. The molecule has 1 saturated heterocycles. The highest BCUT2D eigenvalue weighted by molar-refractivity contribution is 7.09. The van der Waals surface area contributed by atoms with Gasteiger partial charge < -0.3 is 9.88 Å². The minimum atomic E-state index is -2.66. The molecule has 4 rings (SSSR count). The smallest absolute Gasteiger partial charge is 0.295 e. The summed E-state index contributed by atoms with van der Waals surface area (Å²) in [4.78, 5) is 27.9. The lowest BCUT2D eigenvalue weighted by Gasteiger charge is -2.34. The zero-order chi connectivity index (χ0) is 19.7. The van der Waals surface area contributed by atoms with E-state index in [4.69, 9.17) is 0 Å². The Balaban J connectivity index is 1.38. The highest BCUT2D eigenvalue weighted by Crippen LogP contribution is 2.21. The van der Waals surface area contributed by atoms with Crippen LogP contribution in [0, 0.1) is 0 Å². The van der Waals surface area contributed by atoms with E-state index in [-0.39, 0.29) is 11.7 Å². The second-order valence-corrected chi connectivity index (χ2v) is 7.75. The zero-order valence-electron chi connectivity index (χ0n) is 15.5. The number of aromatic amines is 1. The van der Waals surface area contributed by atoms with Gasteiger partial charge in [-0.25, -0.2) is 18.7 Å². The van der Waals surface area contributed by atoms with Gasteiger partial charge in [-0.2, -0.15) is 0 Å². The van der Waals surface area contributed by atoms with Crippen LogP contribution in [0.15, 0.2) is 23.6 Å². The summed E-state index contributed by atoms with van der Waals surface area (Å²) in [6.07, 6.45) is -1.71. The molecule has 0 bridgehead atoms. The molecule has 1 N–H and O–H groups in total. The van der Waals surface area contributed by atoms with Crippen molar-refractivity contribution in [3.63, 3.8) is 0 Å². The van der Waals surface area contributed by atoms with E-state index in [0.29, 0.717) is 29.7 Å². The molecule has 0 unspecified atom stereocenters. The molecular formula is C19H21F2N5OS. The fourth-order valence-electron chi connectivity index (χ4n) is 3.37. The lowest BCUT2D eigenvalue weighted by Crippen LogP contribution is -2.48. The number of H-pyrrole nitrogens is 1. The number of benzene rings is 1. The van der Waals surface area contributed by atoms with Crippen LogP contribution in [0.2, 0.25) is 0 Å². The number of carbonyl (C=O) groups excluding carboxylic acids is 1. The van der Waals surface area contributed by atoms with Gasteiger partial charge in [-0.3, -0.25) is 9.69 Å². The van der Waals surface area contributed by atoms with Crippen molar-refractivity contribution in [3.8, 4) is 0 Å². The van der Waals surface area contributed by atoms with Crippen LogP contribution in [0.4, 0.5) is 8.78 Å². The summed E-state index contributed by atoms with van der Waals surface area (Å²) in [5.41, 5.74) is 2.46. The van der Waals surface area contributed by atoms with Crippen molar-refractivity contribution < 1.29 is 13.6 Å². The maximum atomic E-state index is 12.8. The van der Waals surface area contributed by atoms with Crippen LogP contribution < -0.4 is 0 Å². The average molecular weight is 405 g/mol. The van der Waals surface area contributed by atoms with E-state index in [2.05, 4.69) is 32.2 Å². The molecule has 0 radical (unpaired) electrons. The number of hydrogen-bond donors (Lipinski definition) is 1. The number of aryl methyl sites for hydroxylation is 1. The quantitative estimate of drug-likeness (QED) is 0.706. The van der Waals surface area contributed by atoms with Crippen LogP contribution in [0.1, 0.15) is 40.2 Å². The van der Waals surface area contributed by atoms with Crippen molar-refractivity contribution in [2.24, 2.45) is 0 Å². The molecule has 0 atom stereocenters. The number of halogens is 2. The van der Waals surface area contributed by atoms with Crippen molar-refractivity contribution in [3.05, 3.63) is 45.7 Å².